The van der Waals surface area contributed by atoms with E-state index in [1.54, 1.807) is 31.2 Å². The molecule has 0 radical (unpaired) electrons. The van der Waals surface area contributed by atoms with Gasteiger partial charge in [-0.05, 0) is 82.7 Å². The predicted molar refractivity (Wildman–Crippen MR) is 121 cm³/mol. The molecule has 30 heavy (non-hydrogen) atoms. The van der Waals surface area contributed by atoms with E-state index in [1.807, 2.05) is 24.3 Å². The van der Waals surface area contributed by atoms with Gasteiger partial charge in [0.15, 0.2) is 18.1 Å². The molecule has 1 heterocycles. The Morgan fingerprint density at radius 3 is 2.53 bits per heavy atom. The summed E-state index contributed by atoms with van der Waals surface area (Å²) in [6.07, 6.45) is 1.61. The van der Waals surface area contributed by atoms with E-state index in [0.29, 0.717) is 28.6 Å². The largest absolute Gasteiger partial charge is 0.490 e. The van der Waals surface area contributed by atoms with Gasteiger partial charge in [0.1, 0.15) is 0 Å². The zero-order chi connectivity index (χ0) is 21.7. The molecule has 0 bridgehead atoms. The van der Waals surface area contributed by atoms with Crippen LogP contribution >= 0.6 is 34.4 Å². The lowest BCUT2D eigenvalue weighted by molar-refractivity contribution is -0.139. The number of amides is 2. The molecule has 0 saturated carbocycles. The van der Waals surface area contributed by atoms with Gasteiger partial charge in [0, 0.05) is 3.57 Å². The molecule has 1 aliphatic heterocycles. The number of thioether (sulfide) groups is 1. The Morgan fingerprint density at radius 1 is 1.13 bits per heavy atom. The van der Waals surface area contributed by atoms with E-state index < -0.39 is 12.6 Å². The third-order valence-corrected chi connectivity index (χ3v) is 5.67. The SMILES string of the molecule is CCOc1cc(/C=C2\SC(=O)N(Cc3ccc(I)cc3)C2=O)ccc1OCC(=O)O. The van der Waals surface area contributed by atoms with Gasteiger partial charge < -0.3 is 14.6 Å². The van der Waals surface area contributed by atoms with Gasteiger partial charge in [0.25, 0.3) is 11.1 Å². The van der Waals surface area contributed by atoms with Gasteiger partial charge >= 0.3 is 5.97 Å². The molecule has 2 amide bonds. The second-order valence-corrected chi connectivity index (χ2v) is 8.45. The fraction of sp³-hybridized carbons (Fsp3) is 0.190. The molecule has 7 nitrogen and oxygen atoms in total. The number of hydrogen-bond donors (Lipinski definition) is 1. The number of benzene rings is 2. The molecule has 1 fully saturated rings. The summed E-state index contributed by atoms with van der Waals surface area (Å²) in [4.78, 5) is 37.4. The van der Waals surface area contributed by atoms with E-state index in [9.17, 15) is 14.4 Å². The second kappa shape index (κ2) is 9.98. The molecule has 1 N–H and O–H groups in total. The number of nitrogens with zero attached hydrogens (tertiary/aromatic N) is 1. The Labute approximate surface area is 191 Å². The molecule has 1 saturated heterocycles. The average Bonchev–Trinajstić information content (AvgIpc) is 2.96. The molecule has 2 aromatic rings. The highest BCUT2D eigenvalue weighted by atomic mass is 127. The molecule has 9 heteroatoms. The highest BCUT2D eigenvalue weighted by molar-refractivity contribution is 14.1. The highest BCUT2D eigenvalue weighted by Crippen LogP contribution is 2.35. The van der Waals surface area contributed by atoms with Crippen LogP contribution in [-0.4, -0.2) is 40.3 Å². The molecule has 3 rings (SSSR count). The van der Waals surface area contributed by atoms with E-state index in [-0.39, 0.29) is 17.7 Å². The van der Waals surface area contributed by atoms with Crippen molar-refractivity contribution >= 4 is 57.5 Å². The van der Waals surface area contributed by atoms with Crippen LogP contribution in [0.25, 0.3) is 6.08 Å². The predicted octanol–water partition coefficient (Wildman–Crippen LogP) is 4.39. The number of carbonyl (C=O) groups is 3. The number of aliphatic carboxylic acids is 1. The second-order valence-electron chi connectivity index (χ2n) is 6.22. The lowest BCUT2D eigenvalue weighted by Gasteiger charge is -2.12. The number of hydrogen-bond acceptors (Lipinski definition) is 6. The first-order chi connectivity index (χ1) is 14.4. The number of ether oxygens (including phenoxy) is 2. The van der Waals surface area contributed by atoms with Crippen LogP contribution in [0.4, 0.5) is 4.79 Å². The minimum atomic E-state index is -1.09. The topological polar surface area (TPSA) is 93.1 Å². The summed E-state index contributed by atoms with van der Waals surface area (Å²) in [5.41, 5.74) is 1.51. The first-order valence-electron chi connectivity index (χ1n) is 8.98. The number of imide groups is 1. The summed E-state index contributed by atoms with van der Waals surface area (Å²) in [6.45, 7) is 1.88. The van der Waals surface area contributed by atoms with Crippen molar-refractivity contribution in [1.82, 2.24) is 4.90 Å². The number of halogens is 1. The maximum Gasteiger partial charge on any atom is 0.341 e. The molecule has 2 aromatic carbocycles. The molecule has 0 aliphatic carbocycles. The summed E-state index contributed by atoms with van der Waals surface area (Å²) in [5.74, 6) is -0.787. The van der Waals surface area contributed by atoms with Crippen molar-refractivity contribution in [2.45, 2.75) is 13.5 Å². The Hall–Kier alpha value is -2.53. The fourth-order valence-corrected chi connectivity index (χ4v) is 3.90. The molecule has 1 aliphatic rings. The number of carbonyl (C=O) groups excluding carboxylic acids is 2. The first-order valence-corrected chi connectivity index (χ1v) is 10.9. The average molecular weight is 539 g/mol. The molecule has 0 atom stereocenters. The van der Waals surface area contributed by atoms with Gasteiger partial charge in [0.2, 0.25) is 0 Å². The monoisotopic (exact) mass is 539 g/mol. The Balaban J connectivity index is 1.79. The van der Waals surface area contributed by atoms with Crippen molar-refractivity contribution < 1.29 is 29.0 Å². The fourth-order valence-electron chi connectivity index (χ4n) is 2.70. The third-order valence-electron chi connectivity index (χ3n) is 4.04. The standard InChI is InChI=1S/C21H18INO6S/c1-2-28-17-9-14(5-8-16(17)29-12-19(24)25)10-18-20(26)23(21(27)30-18)11-13-3-6-15(22)7-4-13/h3-10H,2,11-12H2,1H3,(H,24,25)/b18-10-. The number of rotatable bonds is 8. The minimum Gasteiger partial charge on any atom is -0.490 e. The maximum absolute atomic E-state index is 12.7. The van der Waals surface area contributed by atoms with Crippen LogP contribution in [-0.2, 0) is 16.1 Å². The maximum atomic E-state index is 12.7. The lowest BCUT2D eigenvalue weighted by Crippen LogP contribution is -2.27. The van der Waals surface area contributed by atoms with Crippen LogP contribution in [0, 0.1) is 3.57 Å². The van der Waals surface area contributed by atoms with Crippen LogP contribution in [0.1, 0.15) is 18.1 Å². The molecule has 0 unspecified atom stereocenters. The van der Waals surface area contributed by atoms with Gasteiger partial charge in [-0.2, -0.15) is 0 Å². The summed E-state index contributed by atoms with van der Waals surface area (Å²) in [7, 11) is 0. The number of carboxylic acid groups (broad SMARTS) is 1. The van der Waals surface area contributed by atoms with Crippen molar-refractivity contribution in [2.75, 3.05) is 13.2 Å². The first kappa shape index (κ1) is 22.2. The molecular formula is C21H18INO6S. The van der Waals surface area contributed by atoms with Crippen molar-refractivity contribution in [3.8, 4) is 11.5 Å². The summed E-state index contributed by atoms with van der Waals surface area (Å²) in [5, 5.41) is 8.46. The molecule has 156 valence electrons. The van der Waals surface area contributed by atoms with Gasteiger partial charge in [-0.25, -0.2) is 4.79 Å². The minimum absolute atomic E-state index is 0.213. The van der Waals surface area contributed by atoms with Crippen molar-refractivity contribution in [1.29, 1.82) is 0 Å². The molecular weight excluding hydrogens is 521 g/mol. The van der Waals surface area contributed by atoms with Gasteiger partial charge in [-0.15, -0.1) is 0 Å². The third kappa shape index (κ3) is 5.54. The van der Waals surface area contributed by atoms with Crippen molar-refractivity contribution in [3.63, 3.8) is 0 Å². The molecule has 0 aromatic heterocycles. The zero-order valence-electron chi connectivity index (χ0n) is 16.0. The van der Waals surface area contributed by atoms with E-state index in [4.69, 9.17) is 14.6 Å². The van der Waals surface area contributed by atoms with Crippen molar-refractivity contribution in [3.05, 3.63) is 62.1 Å². The Kier molecular flexibility index (Phi) is 7.38. The van der Waals surface area contributed by atoms with Gasteiger partial charge in [0.05, 0.1) is 18.1 Å². The zero-order valence-corrected chi connectivity index (χ0v) is 18.9. The van der Waals surface area contributed by atoms with Crippen LogP contribution in [0.2, 0.25) is 0 Å². The van der Waals surface area contributed by atoms with Crippen molar-refractivity contribution in [2.24, 2.45) is 0 Å². The van der Waals surface area contributed by atoms with Crippen LogP contribution in [0.15, 0.2) is 47.4 Å². The Morgan fingerprint density at radius 2 is 1.87 bits per heavy atom. The quantitative estimate of drug-likeness (QED) is 0.393. The van der Waals surface area contributed by atoms with Gasteiger partial charge in [-0.3, -0.25) is 14.5 Å². The van der Waals surface area contributed by atoms with Crippen LogP contribution in [0.3, 0.4) is 0 Å². The summed E-state index contributed by atoms with van der Waals surface area (Å²) < 4.78 is 11.8. The normalized spacial score (nSPS) is 15.0. The van der Waals surface area contributed by atoms with Crippen LogP contribution in [0.5, 0.6) is 11.5 Å². The van der Waals surface area contributed by atoms with Crippen LogP contribution < -0.4 is 9.47 Å². The van der Waals surface area contributed by atoms with E-state index in [2.05, 4.69) is 22.6 Å². The van der Waals surface area contributed by atoms with E-state index in [1.165, 1.54) is 4.90 Å². The highest BCUT2D eigenvalue weighted by Gasteiger charge is 2.35. The number of carboxylic acids is 1. The lowest BCUT2D eigenvalue weighted by atomic mass is 10.1. The van der Waals surface area contributed by atoms with E-state index >= 15 is 0 Å². The molecule has 0 spiro atoms. The van der Waals surface area contributed by atoms with Gasteiger partial charge in [-0.1, -0.05) is 18.2 Å². The Bertz CT molecular complexity index is 1010. The van der Waals surface area contributed by atoms with E-state index in [0.717, 1.165) is 20.9 Å². The summed E-state index contributed by atoms with van der Waals surface area (Å²) in [6, 6.07) is 12.5. The smallest absolute Gasteiger partial charge is 0.341 e. The summed E-state index contributed by atoms with van der Waals surface area (Å²) >= 11 is 3.08.